The van der Waals surface area contributed by atoms with Crippen molar-refractivity contribution in [2.24, 2.45) is 0 Å². The molecule has 0 saturated heterocycles. The minimum Gasteiger partial charge on any atom is -0.464 e. The number of fused-ring (bicyclic) bond motifs is 3. The summed E-state index contributed by atoms with van der Waals surface area (Å²) in [5.74, 6) is -1.05. The van der Waals surface area contributed by atoms with E-state index in [1.54, 1.807) is 30.5 Å². The third-order valence-electron chi connectivity index (χ3n) is 4.56. The molecule has 3 aromatic carbocycles. The summed E-state index contributed by atoms with van der Waals surface area (Å²) in [5.41, 5.74) is 2.11. The van der Waals surface area contributed by atoms with Crippen molar-refractivity contribution in [2.75, 3.05) is 11.9 Å². The average molecular weight is 384 g/mol. The van der Waals surface area contributed by atoms with E-state index in [9.17, 15) is 9.59 Å². The van der Waals surface area contributed by atoms with Crippen molar-refractivity contribution in [3.8, 4) is 6.07 Å². The fraction of sp³-hybridized carbons (Fsp3) is 0.0870. The molecule has 4 rings (SSSR count). The van der Waals surface area contributed by atoms with Gasteiger partial charge in [-0.1, -0.05) is 42.5 Å². The maximum atomic E-state index is 12.3. The fourth-order valence-corrected chi connectivity index (χ4v) is 3.23. The molecule has 0 aliphatic carbocycles. The smallest absolute Gasteiger partial charge is 0.310 e. The first-order valence-electron chi connectivity index (χ1n) is 8.98. The van der Waals surface area contributed by atoms with Crippen LogP contribution in [0.1, 0.15) is 11.1 Å². The summed E-state index contributed by atoms with van der Waals surface area (Å²) in [7, 11) is 0. The standard InChI is InChI=1S/C23H16N2O4/c24-12-16-6-2-4-8-19(16)25-21(26)14-29-22(27)11-17-13-28-20-10-9-15-5-1-3-7-18(15)23(17)20/h1-10,13H,11,14H2,(H,25,26). The summed E-state index contributed by atoms with van der Waals surface area (Å²) in [6, 6.07) is 20.3. The number of carbonyl (C=O) groups is 2. The number of para-hydroxylation sites is 1. The van der Waals surface area contributed by atoms with Crippen molar-refractivity contribution in [1.82, 2.24) is 0 Å². The first-order valence-corrected chi connectivity index (χ1v) is 8.98. The van der Waals surface area contributed by atoms with Crippen molar-refractivity contribution >= 4 is 39.3 Å². The molecular weight excluding hydrogens is 368 g/mol. The topological polar surface area (TPSA) is 92.3 Å². The number of ether oxygens (including phenoxy) is 1. The highest BCUT2D eigenvalue weighted by molar-refractivity contribution is 6.08. The molecule has 0 fully saturated rings. The Morgan fingerprint density at radius 3 is 2.69 bits per heavy atom. The van der Waals surface area contributed by atoms with Crippen LogP contribution in [-0.4, -0.2) is 18.5 Å². The molecule has 1 heterocycles. The molecule has 0 aliphatic rings. The van der Waals surface area contributed by atoms with Gasteiger partial charge in [0.25, 0.3) is 5.91 Å². The third-order valence-corrected chi connectivity index (χ3v) is 4.56. The second-order valence-electron chi connectivity index (χ2n) is 6.46. The molecule has 0 saturated carbocycles. The molecule has 6 nitrogen and oxygen atoms in total. The number of benzene rings is 3. The zero-order valence-corrected chi connectivity index (χ0v) is 15.3. The minimum atomic E-state index is -0.538. The van der Waals surface area contributed by atoms with Gasteiger partial charge in [0.05, 0.1) is 23.9 Å². The van der Waals surface area contributed by atoms with Crippen LogP contribution in [0.25, 0.3) is 21.7 Å². The van der Waals surface area contributed by atoms with Crippen LogP contribution in [0.4, 0.5) is 5.69 Å². The Hall–Kier alpha value is -4.11. The lowest BCUT2D eigenvalue weighted by Gasteiger charge is -2.08. The molecule has 0 spiro atoms. The van der Waals surface area contributed by atoms with Gasteiger partial charge in [-0.05, 0) is 29.0 Å². The molecule has 142 valence electrons. The number of nitriles is 1. The van der Waals surface area contributed by atoms with E-state index in [0.717, 1.165) is 16.2 Å². The monoisotopic (exact) mass is 384 g/mol. The molecule has 0 unspecified atom stereocenters. The average Bonchev–Trinajstić information content (AvgIpc) is 3.16. The Labute approximate surface area is 166 Å². The number of anilines is 1. The highest BCUT2D eigenvalue weighted by atomic mass is 16.5. The Kier molecular flexibility index (Phi) is 4.95. The molecule has 0 bridgehead atoms. The maximum Gasteiger partial charge on any atom is 0.310 e. The van der Waals surface area contributed by atoms with E-state index in [1.807, 2.05) is 42.5 Å². The summed E-state index contributed by atoms with van der Waals surface area (Å²) in [6.07, 6.45) is 1.53. The number of hydrogen-bond acceptors (Lipinski definition) is 5. The lowest BCUT2D eigenvalue weighted by Crippen LogP contribution is -2.22. The highest BCUT2D eigenvalue weighted by Crippen LogP contribution is 2.30. The molecule has 4 aromatic rings. The Morgan fingerprint density at radius 1 is 1.03 bits per heavy atom. The molecular formula is C23H16N2O4. The molecule has 29 heavy (non-hydrogen) atoms. The van der Waals surface area contributed by atoms with Crippen LogP contribution in [0.3, 0.4) is 0 Å². The molecule has 0 aliphatic heterocycles. The second-order valence-corrected chi connectivity index (χ2v) is 6.46. The SMILES string of the molecule is N#Cc1ccccc1NC(=O)COC(=O)Cc1coc2ccc3ccccc3c12. The van der Waals surface area contributed by atoms with Crippen LogP contribution in [0.5, 0.6) is 0 Å². The third kappa shape index (κ3) is 3.80. The summed E-state index contributed by atoms with van der Waals surface area (Å²) >= 11 is 0. The predicted molar refractivity (Wildman–Crippen MR) is 108 cm³/mol. The van der Waals surface area contributed by atoms with Crippen molar-refractivity contribution in [2.45, 2.75) is 6.42 Å². The molecule has 1 N–H and O–H groups in total. The zero-order valence-electron chi connectivity index (χ0n) is 15.3. The van der Waals surface area contributed by atoms with Crippen molar-refractivity contribution < 1.29 is 18.7 Å². The van der Waals surface area contributed by atoms with Gasteiger partial charge in [-0.3, -0.25) is 9.59 Å². The van der Waals surface area contributed by atoms with Gasteiger partial charge < -0.3 is 14.5 Å². The summed E-state index contributed by atoms with van der Waals surface area (Å²) < 4.78 is 10.7. The van der Waals surface area contributed by atoms with E-state index in [0.29, 0.717) is 22.4 Å². The van der Waals surface area contributed by atoms with Crippen LogP contribution in [0, 0.1) is 11.3 Å². The number of amides is 1. The number of nitrogens with one attached hydrogen (secondary N) is 1. The summed E-state index contributed by atoms with van der Waals surface area (Å²) in [4.78, 5) is 24.3. The summed E-state index contributed by atoms with van der Waals surface area (Å²) in [5, 5.41) is 14.5. The largest absolute Gasteiger partial charge is 0.464 e. The molecule has 0 atom stereocenters. The second kappa shape index (κ2) is 7.87. The normalized spacial score (nSPS) is 10.6. The zero-order chi connectivity index (χ0) is 20.2. The van der Waals surface area contributed by atoms with Crippen molar-refractivity contribution in [3.05, 3.63) is 78.1 Å². The van der Waals surface area contributed by atoms with Crippen LogP contribution in [-0.2, 0) is 20.7 Å². The van der Waals surface area contributed by atoms with Crippen LogP contribution in [0.15, 0.2) is 71.3 Å². The lowest BCUT2D eigenvalue weighted by molar-refractivity contribution is -0.146. The van der Waals surface area contributed by atoms with E-state index in [2.05, 4.69) is 5.32 Å². The van der Waals surface area contributed by atoms with E-state index in [1.165, 1.54) is 0 Å². The number of carbonyl (C=O) groups excluding carboxylic acids is 2. The number of hydrogen-bond donors (Lipinski definition) is 1. The van der Waals surface area contributed by atoms with Gasteiger partial charge in [-0.15, -0.1) is 0 Å². The van der Waals surface area contributed by atoms with Crippen LogP contribution < -0.4 is 5.32 Å². The maximum absolute atomic E-state index is 12.3. The van der Waals surface area contributed by atoms with Gasteiger partial charge in [0, 0.05) is 10.9 Å². The minimum absolute atomic E-state index is 0.0108. The fourth-order valence-electron chi connectivity index (χ4n) is 3.23. The highest BCUT2D eigenvalue weighted by Gasteiger charge is 2.15. The van der Waals surface area contributed by atoms with E-state index in [-0.39, 0.29) is 6.42 Å². The Morgan fingerprint density at radius 2 is 1.83 bits per heavy atom. The molecule has 0 radical (unpaired) electrons. The van der Waals surface area contributed by atoms with Gasteiger partial charge >= 0.3 is 5.97 Å². The first-order chi connectivity index (χ1) is 14.2. The number of furan rings is 1. The van der Waals surface area contributed by atoms with Crippen molar-refractivity contribution in [1.29, 1.82) is 5.26 Å². The van der Waals surface area contributed by atoms with E-state index in [4.69, 9.17) is 14.4 Å². The van der Waals surface area contributed by atoms with Crippen molar-refractivity contribution in [3.63, 3.8) is 0 Å². The number of nitrogens with zero attached hydrogens (tertiary/aromatic N) is 1. The van der Waals surface area contributed by atoms with Crippen LogP contribution in [0.2, 0.25) is 0 Å². The van der Waals surface area contributed by atoms with E-state index < -0.39 is 18.5 Å². The quantitative estimate of drug-likeness (QED) is 0.521. The van der Waals surface area contributed by atoms with Gasteiger partial charge in [0.1, 0.15) is 11.7 Å². The van der Waals surface area contributed by atoms with Gasteiger partial charge in [0.15, 0.2) is 6.61 Å². The van der Waals surface area contributed by atoms with Gasteiger partial charge in [0.2, 0.25) is 0 Å². The molecule has 1 amide bonds. The van der Waals surface area contributed by atoms with E-state index >= 15 is 0 Å². The lowest BCUT2D eigenvalue weighted by atomic mass is 10.0. The number of rotatable bonds is 5. The van der Waals surface area contributed by atoms with Crippen LogP contribution >= 0.6 is 0 Å². The van der Waals surface area contributed by atoms with Gasteiger partial charge in [-0.25, -0.2) is 0 Å². The first kappa shape index (κ1) is 18.3. The number of esters is 1. The predicted octanol–water partition coefficient (Wildman–Crippen LogP) is 4.18. The molecule has 1 aromatic heterocycles. The van der Waals surface area contributed by atoms with Gasteiger partial charge in [-0.2, -0.15) is 5.26 Å². The molecule has 6 heteroatoms. The summed E-state index contributed by atoms with van der Waals surface area (Å²) in [6.45, 7) is -0.435. The Balaban J connectivity index is 1.43. The Bertz CT molecular complexity index is 1270.